The van der Waals surface area contributed by atoms with E-state index in [-0.39, 0.29) is 20.5 Å². The van der Waals surface area contributed by atoms with E-state index in [4.69, 9.17) is 11.6 Å². The summed E-state index contributed by atoms with van der Waals surface area (Å²) < 4.78 is 63.1. The normalized spacial score (nSPS) is 12.1. The Bertz CT molecular complexity index is 927. The molecule has 118 valence electrons. The van der Waals surface area contributed by atoms with Crippen LogP contribution in [0.4, 0.5) is 10.1 Å². The highest BCUT2D eigenvalue weighted by Gasteiger charge is 2.18. The quantitative estimate of drug-likeness (QED) is 0.905. The van der Waals surface area contributed by atoms with Crippen LogP contribution in [0, 0.1) is 5.82 Å². The lowest BCUT2D eigenvalue weighted by molar-refractivity contribution is 0.597. The van der Waals surface area contributed by atoms with E-state index in [1.807, 2.05) is 0 Å². The molecule has 0 aliphatic rings. The Morgan fingerprint density at radius 1 is 1.00 bits per heavy atom. The van der Waals surface area contributed by atoms with E-state index in [1.165, 1.54) is 30.3 Å². The van der Waals surface area contributed by atoms with Crippen molar-refractivity contribution in [3.05, 3.63) is 53.3 Å². The van der Waals surface area contributed by atoms with Crippen LogP contribution in [-0.4, -0.2) is 23.1 Å². The fraction of sp³-hybridized carbons (Fsp3) is 0.0769. The Balaban J connectivity index is 2.43. The van der Waals surface area contributed by atoms with Gasteiger partial charge in [-0.1, -0.05) is 17.7 Å². The van der Waals surface area contributed by atoms with Crippen LogP contribution in [0.15, 0.2) is 52.3 Å². The van der Waals surface area contributed by atoms with Gasteiger partial charge in [0.05, 0.1) is 15.5 Å². The van der Waals surface area contributed by atoms with Crippen molar-refractivity contribution in [3.8, 4) is 0 Å². The molecule has 0 heterocycles. The predicted molar refractivity (Wildman–Crippen MR) is 81.8 cm³/mol. The van der Waals surface area contributed by atoms with Crippen molar-refractivity contribution in [2.45, 2.75) is 9.79 Å². The van der Waals surface area contributed by atoms with E-state index < -0.39 is 25.7 Å². The number of sulfonamides is 1. The predicted octanol–water partition coefficient (Wildman–Crippen LogP) is 2.68. The molecule has 1 N–H and O–H groups in total. The van der Waals surface area contributed by atoms with Crippen molar-refractivity contribution >= 4 is 37.1 Å². The highest BCUT2D eigenvalue weighted by molar-refractivity contribution is 7.93. The number of rotatable bonds is 4. The molecule has 0 atom stereocenters. The molecule has 0 saturated heterocycles. The molecule has 9 heteroatoms. The van der Waals surface area contributed by atoms with Gasteiger partial charge >= 0.3 is 0 Å². The van der Waals surface area contributed by atoms with Crippen LogP contribution in [-0.2, 0) is 19.9 Å². The number of anilines is 1. The van der Waals surface area contributed by atoms with Gasteiger partial charge in [-0.05, 0) is 36.4 Å². The summed E-state index contributed by atoms with van der Waals surface area (Å²) in [5.74, 6) is -0.838. The van der Waals surface area contributed by atoms with E-state index in [0.717, 1.165) is 18.4 Å². The maximum absolute atomic E-state index is 13.7. The molecule has 22 heavy (non-hydrogen) atoms. The van der Waals surface area contributed by atoms with Crippen LogP contribution in [0.3, 0.4) is 0 Å². The highest BCUT2D eigenvalue weighted by Crippen LogP contribution is 2.23. The van der Waals surface area contributed by atoms with Crippen LogP contribution in [0.5, 0.6) is 0 Å². The van der Waals surface area contributed by atoms with E-state index in [9.17, 15) is 21.2 Å². The van der Waals surface area contributed by atoms with E-state index in [2.05, 4.69) is 4.72 Å². The smallest absolute Gasteiger partial charge is 0.262 e. The average Bonchev–Trinajstić information content (AvgIpc) is 2.41. The number of hydrogen-bond acceptors (Lipinski definition) is 4. The van der Waals surface area contributed by atoms with Gasteiger partial charge in [-0.15, -0.1) is 0 Å². The van der Waals surface area contributed by atoms with Gasteiger partial charge in [0.15, 0.2) is 9.84 Å². The van der Waals surface area contributed by atoms with Crippen molar-refractivity contribution < 1.29 is 21.2 Å². The fourth-order valence-corrected chi connectivity index (χ4v) is 3.66. The molecule has 0 aliphatic heterocycles. The first kappa shape index (κ1) is 16.7. The van der Waals surface area contributed by atoms with Crippen molar-refractivity contribution in [2.24, 2.45) is 0 Å². The third kappa shape index (κ3) is 3.76. The number of hydrogen-bond donors (Lipinski definition) is 1. The van der Waals surface area contributed by atoms with Crippen LogP contribution < -0.4 is 4.72 Å². The van der Waals surface area contributed by atoms with Crippen molar-refractivity contribution in [2.75, 3.05) is 11.0 Å². The molecule has 0 amide bonds. The first-order valence-electron chi connectivity index (χ1n) is 5.87. The van der Waals surface area contributed by atoms with Crippen LogP contribution in [0.2, 0.25) is 5.02 Å². The van der Waals surface area contributed by atoms with Gasteiger partial charge in [-0.3, -0.25) is 4.72 Å². The SMILES string of the molecule is CS(=O)(=O)c1cccc(S(=O)(=O)Nc2ccc(Cl)cc2F)c1. The number of nitrogens with one attached hydrogen (secondary N) is 1. The highest BCUT2D eigenvalue weighted by atomic mass is 35.5. The van der Waals surface area contributed by atoms with Gasteiger partial charge in [0, 0.05) is 11.3 Å². The number of sulfone groups is 1. The molecular weight excluding hydrogens is 353 g/mol. The first-order chi connectivity index (χ1) is 10.1. The molecule has 0 radical (unpaired) electrons. The summed E-state index contributed by atoms with van der Waals surface area (Å²) in [5, 5.41) is 0.125. The second kappa shape index (κ2) is 5.86. The van der Waals surface area contributed by atoms with E-state index >= 15 is 0 Å². The first-order valence-corrected chi connectivity index (χ1v) is 9.63. The summed E-state index contributed by atoms with van der Waals surface area (Å²) in [7, 11) is -7.68. The molecule has 2 rings (SSSR count). The zero-order chi connectivity index (χ0) is 16.5. The Morgan fingerprint density at radius 3 is 2.23 bits per heavy atom. The second-order valence-electron chi connectivity index (χ2n) is 4.48. The maximum Gasteiger partial charge on any atom is 0.262 e. The molecule has 0 saturated carbocycles. The van der Waals surface area contributed by atoms with E-state index in [1.54, 1.807) is 0 Å². The Kier molecular flexibility index (Phi) is 4.46. The molecule has 2 aromatic carbocycles. The summed E-state index contributed by atoms with van der Waals surface area (Å²) in [6.07, 6.45) is 0.963. The van der Waals surface area contributed by atoms with Crippen LogP contribution in [0.1, 0.15) is 0 Å². The maximum atomic E-state index is 13.7. The molecule has 2 aromatic rings. The largest absolute Gasteiger partial charge is 0.277 e. The monoisotopic (exact) mass is 363 g/mol. The third-order valence-electron chi connectivity index (χ3n) is 2.72. The molecular formula is C13H11ClFNO4S2. The summed E-state index contributed by atoms with van der Waals surface area (Å²) >= 11 is 5.59. The molecule has 0 aromatic heterocycles. The summed E-state index contributed by atoms with van der Waals surface area (Å²) in [6, 6.07) is 8.26. The Labute approximate surface area is 132 Å². The average molecular weight is 364 g/mol. The lowest BCUT2D eigenvalue weighted by Gasteiger charge is -2.10. The minimum atomic E-state index is -4.13. The molecule has 0 bridgehead atoms. The lowest BCUT2D eigenvalue weighted by Crippen LogP contribution is -2.14. The molecule has 0 unspecified atom stereocenters. The van der Waals surface area contributed by atoms with Crippen molar-refractivity contribution in [1.82, 2.24) is 0 Å². The topological polar surface area (TPSA) is 80.3 Å². The summed E-state index contributed by atoms with van der Waals surface area (Å²) in [6.45, 7) is 0. The van der Waals surface area contributed by atoms with Gasteiger partial charge in [0.1, 0.15) is 5.82 Å². The van der Waals surface area contributed by atoms with Gasteiger partial charge in [0.2, 0.25) is 0 Å². The van der Waals surface area contributed by atoms with Gasteiger partial charge in [0.25, 0.3) is 10.0 Å². The third-order valence-corrected chi connectivity index (χ3v) is 5.43. The minimum Gasteiger partial charge on any atom is -0.277 e. The summed E-state index contributed by atoms with van der Waals surface area (Å²) in [5.41, 5.74) is -0.283. The molecule has 0 fully saturated rings. The Morgan fingerprint density at radius 2 is 1.64 bits per heavy atom. The van der Waals surface area contributed by atoms with Crippen LogP contribution in [0.25, 0.3) is 0 Å². The van der Waals surface area contributed by atoms with E-state index in [0.29, 0.717) is 0 Å². The van der Waals surface area contributed by atoms with Crippen molar-refractivity contribution in [1.29, 1.82) is 0 Å². The number of halogens is 2. The zero-order valence-electron chi connectivity index (χ0n) is 11.2. The lowest BCUT2D eigenvalue weighted by atomic mass is 10.3. The Hall–Kier alpha value is -1.64. The standard InChI is InChI=1S/C13H11ClFNO4S2/c1-21(17,18)10-3-2-4-11(8-10)22(19,20)16-13-6-5-9(14)7-12(13)15/h2-8,16H,1H3. The molecule has 0 spiro atoms. The van der Waals surface area contributed by atoms with Gasteiger partial charge in [-0.25, -0.2) is 21.2 Å². The molecule has 0 aliphatic carbocycles. The van der Waals surface area contributed by atoms with Gasteiger partial charge < -0.3 is 0 Å². The molecule has 5 nitrogen and oxygen atoms in total. The summed E-state index contributed by atoms with van der Waals surface area (Å²) in [4.78, 5) is -0.434. The fourth-order valence-electron chi connectivity index (χ4n) is 1.65. The minimum absolute atomic E-state index is 0.125. The van der Waals surface area contributed by atoms with Crippen molar-refractivity contribution in [3.63, 3.8) is 0 Å². The number of benzene rings is 2. The van der Waals surface area contributed by atoms with Gasteiger partial charge in [-0.2, -0.15) is 0 Å². The second-order valence-corrected chi connectivity index (χ2v) is 8.61. The zero-order valence-corrected chi connectivity index (χ0v) is 13.6. The van der Waals surface area contributed by atoms with Crippen LogP contribution >= 0.6 is 11.6 Å².